The molecule has 1 fully saturated rings. The van der Waals surface area contributed by atoms with Gasteiger partial charge >= 0.3 is 0 Å². The van der Waals surface area contributed by atoms with Crippen LogP contribution in [0.2, 0.25) is 0 Å². The van der Waals surface area contributed by atoms with Gasteiger partial charge in [0, 0.05) is 40.8 Å². The maximum atomic E-state index is 11.8. The molecule has 2 rings (SSSR count). The number of nitrogens with zero attached hydrogens (tertiary/aromatic N) is 3. The van der Waals surface area contributed by atoms with Crippen molar-refractivity contribution >= 4 is 5.91 Å². The van der Waals surface area contributed by atoms with Crippen LogP contribution in [0.25, 0.3) is 0 Å². The molecule has 22 heavy (non-hydrogen) atoms. The van der Waals surface area contributed by atoms with Gasteiger partial charge in [-0.1, -0.05) is 0 Å². The summed E-state index contributed by atoms with van der Waals surface area (Å²) in [5, 5.41) is 6.95. The van der Waals surface area contributed by atoms with Gasteiger partial charge in [0.05, 0.1) is 31.5 Å². The largest absolute Gasteiger partial charge is 0.382 e. The molecule has 7 heteroatoms. The number of carbonyl (C=O) groups is 1. The molecule has 1 amide bonds. The number of rotatable bonds is 6. The van der Waals surface area contributed by atoms with Crippen LogP contribution in [0, 0.1) is 6.92 Å². The Morgan fingerprint density at radius 3 is 2.95 bits per heavy atom. The van der Waals surface area contributed by atoms with E-state index in [0.29, 0.717) is 26.2 Å². The van der Waals surface area contributed by atoms with Crippen molar-refractivity contribution in [3.05, 3.63) is 17.5 Å². The Labute approximate surface area is 131 Å². The molecular weight excluding hydrogens is 284 g/mol. The quantitative estimate of drug-likeness (QED) is 0.806. The first-order valence-corrected chi connectivity index (χ1v) is 7.53. The summed E-state index contributed by atoms with van der Waals surface area (Å²) in [6.45, 7) is 5.36. The second kappa shape index (κ2) is 7.21. The number of morpholine rings is 1. The lowest BCUT2D eigenvalue weighted by Gasteiger charge is -2.42. The fraction of sp³-hybridized carbons (Fsp3) is 0.733. The van der Waals surface area contributed by atoms with Gasteiger partial charge in [0.25, 0.3) is 0 Å². The van der Waals surface area contributed by atoms with E-state index in [1.807, 2.05) is 17.9 Å². The molecular formula is C15H26N4O3. The maximum Gasteiger partial charge on any atom is 0.222 e. The Morgan fingerprint density at radius 2 is 2.36 bits per heavy atom. The number of aromatic nitrogens is 2. The van der Waals surface area contributed by atoms with E-state index in [1.165, 1.54) is 11.3 Å². The summed E-state index contributed by atoms with van der Waals surface area (Å²) in [6, 6.07) is 0. The van der Waals surface area contributed by atoms with Gasteiger partial charge in [-0.2, -0.15) is 5.10 Å². The molecule has 1 aliphatic rings. The number of aryl methyl sites for hydroxylation is 2. The number of ether oxygens (including phenoxy) is 2. The van der Waals surface area contributed by atoms with Crippen molar-refractivity contribution in [3.63, 3.8) is 0 Å². The minimum absolute atomic E-state index is 0.0318. The van der Waals surface area contributed by atoms with E-state index < -0.39 is 5.60 Å². The van der Waals surface area contributed by atoms with Crippen LogP contribution in [-0.2, 0) is 27.9 Å². The van der Waals surface area contributed by atoms with Gasteiger partial charge in [0.2, 0.25) is 5.91 Å². The standard InChI is InChI=1S/C15H26N4O3/c1-12-8-17-18(3)13(12)9-19-5-6-22-15(10-19,11-21-4)7-14(20)16-2/h8H,5-7,9-11H2,1-4H3,(H,16,20)/t15-/m0/s1. The molecule has 0 saturated carbocycles. The van der Waals surface area contributed by atoms with Crippen LogP contribution < -0.4 is 5.32 Å². The molecule has 1 N–H and O–H groups in total. The first-order chi connectivity index (χ1) is 10.5. The van der Waals surface area contributed by atoms with Crippen molar-refractivity contribution in [1.82, 2.24) is 20.0 Å². The minimum Gasteiger partial charge on any atom is -0.382 e. The predicted octanol–water partition coefficient (Wildman–Crippen LogP) is 0.0820. The molecule has 0 radical (unpaired) electrons. The number of hydrogen-bond donors (Lipinski definition) is 1. The lowest BCUT2D eigenvalue weighted by atomic mass is 9.97. The third-order valence-electron chi connectivity index (χ3n) is 4.14. The molecule has 0 aromatic carbocycles. The average Bonchev–Trinajstić information content (AvgIpc) is 2.79. The third-order valence-corrected chi connectivity index (χ3v) is 4.14. The van der Waals surface area contributed by atoms with Crippen LogP contribution in [0.15, 0.2) is 6.20 Å². The highest BCUT2D eigenvalue weighted by Gasteiger charge is 2.39. The SMILES string of the molecule is CNC(=O)C[C@@]1(COC)CN(Cc2c(C)cnn2C)CCO1. The van der Waals surface area contributed by atoms with Gasteiger partial charge in [-0.3, -0.25) is 14.4 Å². The summed E-state index contributed by atoms with van der Waals surface area (Å²) >= 11 is 0. The van der Waals surface area contributed by atoms with E-state index in [9.17, 15) is 4.79 Å². The third kappa shape index (κ3) is 3.85. The summed E-state index contributed by atoms with van der Waals surface area (Å²) < 4.78 is 13.2. The van der Waals surface area contributed by atoms with Crippen LogP contribution in [-0.4, -0.2) is 66.6 Å². The normalized spacial score (nSPS) is 22.7. The fourth-order valence-electron chi connectivity index (χ4n) is 2.96. The fourth-order valence-corrected chi connectivity index (χ4v) is 2.96. The Morgan fingerprint density at radius 1 is 1.59 bits per heavy atom. The summed E-state index contributed by atoms with van der Waals surface area (Å²) in [7, 11) is 5.23. The maximum absolute atomic E-state index is 11.8. The van der Waals surface area contributed by atoms with Crippen molar-refractivity contribution in [2.24, 2.45) is 7.05 Å². The van der Waals surface area contributed by atoms with E-state index in [4.69, 9.17) is 9.47 Å². The van der Waals surface area contributed by atoms with Crippen LogP contribution >= 0.6 is 0 Å². The Balaban J connectivity index is 2.09. The number of carbonyl (C=O) groups excluding carboxylic acids is 1. The number of amides is 1. The Hall–Kier alpha value is -1.44. The lowest BCUT2D eigenvalue weighted by molar-refractivity contribution is -0.156. The van der Waals surface area contributed by atoms with Crippen molar-refractivity contribution in [1.29, 1.82) is 0 Å². The van der Waals surface area contributed by atoms with Crippen molar-refractivity contribution in [3.8, 4) is 0 Å². The highest BCUT2D eigenvalue weighted by molar-refractivity contribution is 5.76. The van der Waals surface area contributed by atoms with Gasteiger partial charge in [0.1, 0.15) is 5.60 Å². The zero-order valence-electron chi connectivity index (χ0n) is 13.9. The van der Waals surface area contributed by atoms with E-state index in [0.717, 1.165) is 13.1 Å². The van der Waals surface area contributed by atoms with E-state index >= 15 is 0 Å². The monoisotopic (exact) mass is 310 g/mol. The Bertz CT molecular complexity index is 493. The first kappa shape index (κ1) is 16.9. The minimum atomic E-state index is -0.584. The van der Waals surface area contributed by atoms with Gasteiger partial charge in [0.15, 0.2) is 0 Å². The average molecular weight is 310 g/mol. The van der Waals surface area contributed by atoms with E-state index in [1.54, 1.807) is 14.2 Å². The van der Waals surface area contributed by atoms with Gasteiger partial charge in [-0.15, -0.1) is 0 Å². The number of hydrogen-bond acceptors (Lipinski definition) is 5. The molecule has 1 atom stereocenters. The number of nitrogens with one attached hydrogen (secondary N) is 1. The summed E-state index contributed by atoms with van der Waals surface area (Å²) in [6.07, 6.45) is 2.18. The topological polar surface area (TPSA) is 68.6 Å². The predicted molar refractivity (Wildman–Crippen MR) is 82.5 cm³/mol. The smallest absolute Gasteiger partial charge is 0.222 e. The van der Waals surface area contributed by atoms with E-state index in [-0.39, 0.29) is 5.91 Å². The second-order valence-corrected chi connectivity index (χ2v) is 5.92. The zero-order valence-corrected chi connectivity index (χ0v) is 13.9. The molecule has 1 aromatic heterocycles. The molecule has 0 bridgehead atoms. The molecule has 124 valence electrons. The van der Waals surface area contributed by atoms with Crippen molar-refractivity contribution in [2.75, 3.05) is 40.5 Å². The lowest BCUT2D eigenvalue weighted by Crippen LogP contribution is -2.55. The molecule has 1 saturated heterocycles. The second-order valence-electron chi connectivity index (χ2n) is 5.92. The molecule has 2 heterocycles. The van der Waals surface area contributed by atoms with Crippen LogP contribution in [0.4, 0.5) is 0 Å². The van der Waals surface area contributed by atoms with Gasteiger partial charge in [-0.25, -0.2) is 0 Å². The summed E-state index contributed by atoms with van der Waals surface area (Å²) in [5.41, 5.74) is 1.78. The highest BCUT2D eigenvalue weighted by atomic mass is 16.5. The van der Waals surface area contributed by atoms with Gasteiger partial charge < -0.3 is 14.8 Å². The number of methoxy groups -OCH3 is 1. The van der Waals surface area contributed by atoms with Crippen LogP contribution in [0.1, 0.15) is 17.7 Å². The molecule has 1 aliphatic heterocycles. The van der Waals surface area contributed by atoms with Crippen LogP contribution in [0.5, 0.6) is 0 Å². The zero-order chi connectivity index (χ0) is 16.2. The van der Waals surface area contributed by atoms with Gasteiger partial charge in [-0.05, 0) is 12.5 Å². The van der Waals surface area contributed by atoms with Crippen molar-refractivity contribution < 1.29 is 14.3 Å². The molecule has 0 aliphatic carbocycles. The highest BCUT2D eigenvalue weighted by Crippen LogP contribution is 2.24. The molecule has 1 aromatic rings. The van der Waals surface area contributed by atoms with Crippen LogP contribution in [0.3, 0.4) is 0 Å². The molecule has 7 nitrogen and oxygen atoms in total. The summed E-state index contributed by atoms with van der Waals surface area (Å²) in [5.74, 6) is -0.0318. The van der Waals surface area contributed by atoms with E-state index in [2.05, 4.69) is 22.2 Å². The Kier molecular flexibility index (Phi) is 5.55. The van der Waals surface area contributed by atoms with Crippen molar-refractivity contribution in [2.45, 2.75) is 25.5 Å². The molecule has 0 unspecified atom stereocenters. The summed E-state index contributed by atoms with van der Waals surface area (Å²) in [4.78, 5) is 14.1. The molecule has 0 spiro atoms. The first-order valence-electron chi connectivity index (χ1n) is 7.53.